The fourth-order valence-electron chi connectivity index (χ4n) is 1.89. The first-order chi connectivity index (χ1) is 8.91. The van der Waals surface area contributed by atoms with E-state index in [1.807, 2.05) is 0 Å². The van der Waals surface area contributed by atoms with Crippen LogP contribution in [0.25, 0.3) is 0 Å². The van der Waals surface area contributed by atoms with Crippen molar-refractivity contribution in [1.29, 1.82) is 0 Å². The first-order valence-electron chi connectivity index (χ1n) is 5.93. The minimum absolute atomic E-state index is 0.247. The van der Waals surface area contributed by atoms with E-state index in [0.29, 0.717) is 24.7 Å². The molecule has 7 nitrogen and oxygen atoms in total. The molecule has 0 spiro atoms. The van der Waals surface area contributed by atoms with E-state index in [9.17, 15) is 8.42 Å². The monoisotopic (exact) mass is 286 g/mol. The second-order valence-electron chi connectivity index (χ2n) is 4.49. The van der Waals surface area contributed by atoms with Crippen LogP contribution >= 0.6 is 0 Å². The second-order valence-corrected chi connectivity index (χ2v) is 6.64. The fraction of sp³-hybridized carbons (Fsp3) is 0.545. The van der Waals surface area contributed by atoms with Crippen LogP contribution in [0.4, 0.5) is 5.82 Å². The minimum Gasteiger partial charge on any atom is -0.384 e. The average molecular weight is 286 g/mol. The van der Waals surface area contributed by atoms with Gasteiger partial charge in [-0.2, -0.15) is 17.0 Å². The third-order valence-electron chi connectivity index (χ3n) is 2.94. The Kier molecular flexibility index (Phi) is 4.04. The van der Waals surface area contributed by atoms with E-state index in [1.165, 1.54) is 22.7 Å². The van der Waals surface area contributed by atoms with E-state index < -0.39 is 10.2 Å². The molecule has 1 aliphatic rings. The fourth-order valence-corrected chi connectivity index (χ4v) is 2.98. The highest BCUT2D eigenvalue weighted by atomic mass is 32.2. The van der Waals surface area contributed by atoms with Crippen LogP contribution in [0.3, 0.4) is 0 Å². The summed E-state index contributed by atoms with van der Waals surface area (Å²) >= 11 is 0. The third kappa shape index (κ3) is 3.03. The standard InChI is InChI=1S/C11H18N4O3S/c1-14(2)19(16,17)15-6-7-18-10(8-15)9-4-3-5-11(12)13-9/h3-5,10H,6-8H2,1-2H3,(H2,12,13)/t10-/m1/s1. The van der Waals surface area contributed by atoms with Crippen molar-refractivity contribution < 1.29 is 13.2 Å². The molecule has 19 heavy (non-hydrogen) atoms. The molecular formula is C11H18N4O3S. The van der Waals surface area contributed by atoms with Gasteiger partial charge in [-0.05, 0) is 12.1 Å². The van der Waals surface area contributed by atoms with Crippen LogP contribution in [0.2, 0.25) is 0 Å². The summed E-state index contributed by atoms with van der Waals surface area (Å²) in [5, 5.41) is 0. The van der Waals surface area contributed by atoms with Crippen molar-refractivity contribution >= 4 is 16.0 Å². The zero-order valence-corrected chi connectivity index (χ0v) is 11.8. The summed E-state index contributed by atoms with van der Waals surface area (Å²) in [6, 6.07) is 5.24. The predicted molar refractivity (Wildman–Crippen MR) is 71.5 cm³/mol. The van der Waals surface area contributed by atoms with Crippen molar-refractivity contribution in [3.63, 3.8) is 0 Å². The predicted octanol–water partition coefficient (Wildman–Crippen LogP) is -0.156. The topological polar surface area (TPSA) is 88.8 Å². The Balaban J connectivity index is 2.18. The van der Waals surface area contributed by atoms with Crippen molar-refractivity contribution in [2.75, 3.05) is 39.5 Å². The second kappa shape index (κ2) is 5.41. The lowest BCUT2D eigenvalue weighted by Crippen LogP contribution is -2.47. The Bertz CT molecular complexity index is 547. The molecule has 106 valence electrons. The van der Waals surface area contributed by atoms with Gasteiger partial charge in [0.1, 0.15) is 11.9 Å². The number of hydrogen-bond donors (Lipinski definition) is 1. The molecule has 0 unspecified atom stereocenters. The van der Waals surface area contributed by atoms with Gasteiger partial charge < -0.3 is 10.5 Å². The summed E-state index contributed by atoms with van der Waals surface area (Å²) in [4.78, 5) is 4.18. The number of nitrogens with two attached hydrogens (primary N) is 1. The lowest BCUT2D eigenvalue weighted by atomic mass is 10.2. The largest absolute Gasteiger partial charge is 0.384 e. The third-order valence-corrected chi connectivity index (χ3v) is 4.85. The Morgan fingerprint density at radius 1 is 1.47 bits per heavy atom. The Labute approximate surface area is 113 Å². The van der Waals surface area contributed by atoms with Gasteiger partial charge >= 0.3 is 0 Å². The van der Waals surface area contributed by atoms with Gasteiger partial charge in [-0.3, -0.25) is 0 Å². The van der Waals surface area contributed by atoms with Gasteiger partial charge in [-0.1, -0.05) is 6.07 Å². The molecule has 1 atom stereocenters. The smallest absolute Gasteiger partial charge is 0.281 e. The number of aromatic nitrogens is 1. The van der Waals surface area contributed by atoms with Crippen LogP contribution in [0.1, 0.15) is 11.8 Å². The molecule has 1 fully saturated rings. The van der Waals surface area contributed by atoms with Gasteiger partial charge in [-0.15, -0.1) is 0 Å². The molecule has 1 aromatic rings. The maximum atomic E-state index is 12.1. The molecule has 8 heteroatoms. The molecular weight excluding hydrogens is 268 g/mol. The van der Waals surface area contributed by atoms with Gasteiger partial charge in [0.15, 0.2) is 0 Å². The number of ether oxygens (including phenoxy) is 1. The van der Waals surface area contributed by atoms with Crippen LogP contribution in [-0.2, 0) is 14.9 Å². The van der Waals surface area contributed by atoms with Crippen LogP contribution in [0.15, 0.2) is 18.2 Å². The Morgan fingerprint density at radius 2 is 2.21 bits per heavy atom. The molecule has 2 N–H and O–H groups in total. The number of nitrogens with zero attached hydrogens (tertiary/aromatic N) is 3. The number of morpholine rings is 1. The summed E-state index contributed by atoms with van der Waals surface area (Å²) in [6.45, 7) is 0.935. The number of hydrogen-bond acceptors (Lipinski definition) is 5. The number of pyridine rings is 1. The lowest BCUT2D eigenvalue weighted by molar-refractivity contribution is -0.00615. The van der Waals surface area contributed by atoms with Gasteiger partial charge in [0.25, 0.3) is 10.2 Å². The highest BCUT2D eigenvalue weighted by Gasteiger charge is 2.32. The van der Waals surface area contributed by atoms with E-state index >= 15 is 0 Å². The first kappa shape index (κ1) is 14.2. The minimum atomic E-state index is -3.42. The van der Waals surface area contributed by atoms with Crippen molar-refractivity contribution in [3.05, 3.63) is 23.9 Å². The normalized spacial score (nSPS) is 21.7. The van der Waals surface area contributed by atoms with Crippen molar-refractivity contribution in [2.45, 2.75) is 6.10 Å². The van der Waals surface area contributed by atoms with Gasteiger partial charge in [0.2, 0.25) is 0 Å². The maximum absolute atomic E-state index is 12.1. The van der Waals surface area contributed by atoms with Gasteiger partial charge in [-0.25, -0.2) is 4.98 Å². The molecule has 2 rings (SSSR count). The van der Waals surface area contributed by atoms with Crippen molar-refractivity contribution in [3.8, 4) is 0 Å². The summed E-state index contributed by atoms with van der Waals surface area (Å²) in [7, 11) is -0.398. The maximum Gasteiger partial charge on any atom is 0.281 e. The molecule has 1 aliphatic heterocycles. The van der Waals surface area contributed by atoms with Crippen LogP contribution in [0, 0.1) is 0 Å². The molecule has 0 bridgehead atoms. The lowest BCUT2D eigenvalue weighted by Gasteiger charge is -2.33. The molecule has 1 saturated heterocycles. The van der Waals surface area contributed by atoms with Gasteiger partial charge in [0, 0.05) is 27.2 Å². The Morgan fingerprint density at radius 3 is 2.84 bits per heavy atom. The molecule has 0 amide bonds. The number of rotatable bonds is 3. The Hall–Kier alpha value is -1.22. The van der Waals surface area contributed by atoms with E-state index in [1.54, 1.807) is 18.2 Å². The number of nitrogen functional groups attached to an aromatic ring is 1. The highest BCUT2D eigenvalue weighted by molar-refractivity contribution is 7.86. The van der Waals surface area contributed by atoms with E-state index in [2.05, 4.69) is 4.98 Å². The summed E-state index contributed by atoms with van der Waals surface area (Å²) < 4.78 is 32.3. The van der Waals surface area contributed by atoms with Gasteiger partial charge in [0.05, 0.1) is 12.3 Å². The summed E-state index contributed by atoms with van der Waals surface area (Å²) in [5.41, 5.74) is 6.28. The molecule has 0 radical (unpaired) electrons. The zero-order valence-electron chi connectivity index (χ0n) is 11.0. The number of anilines is 1. The van der Waals surface area contributed by atoms with E-state index in [4.69, 9.17) is 10.5 Å². The molecule has 0 saturated carbocycles. The van der Waals surface area contributed by atoms with Crippen LogP contribution < -0.4 is 5.73 Å². The molecule has 0 aromatic carbocycles. The van der Waals surface area contributed by atoms with Crippen molar-refractivity contribution in [2.24, 2.45) is 0 Å². The average Bonchev–Trinajstić information content (AvgIpc) is 2.38. The molecule has 1 aromatic heterocycles. The molecule has 2 heterocycles. The SMILES string of the molecule is CN(C)S(=O)(=O)N1CCO[C@@H](c2cccc(N)n2)C1. The summed E-state index contributed by atoms with van der Waals surface area (Å²) in [6.07, 6.45) is -0.382. The quantitative estimate of drug-likeness (QED) is 0.834. The van der Waals surface area contributed by atoms with Crippen LogP contribution in [0.5, 0.6) is 0 Å². The first-order valence-corrected chi connectivity index (χ1v) is 7.32. The summed E-state index contributed by atoms with van der Waals surface area (Å²) in [5.74, 6) is 0.397. The van der Waals surface area contributed by atoms with Crippen molar-refractivity contribution in [1.82, 2.24) is 13.6 Å². The van der Waals surface area contributed by atoms with E-state index in [0.717, 1.165) is 0 Å². The van der Waals surface area contributed by atoms with E-state index in [-0.39, 0.29) is 12.6 Å². The highest BCUT2D eigenvalue weighted by Crippen LogP contribution is 2.23. The zero-order chi connectivity index (χ0) is 14.0. The molecule has 0 aliphatic carbocycles. The van der Waals surface area contributed by atoms with Crippen LogP contribution in [-0.4, -0.2) is 55.8 Å².